The highest BCUT2D eigenvalue weighted by Crippen LogP contribution is 2.06. The number of rotatable bonds is 6. The smallest absolute Gasteiger partial charge is 0.251 e. The summed E-state index contributed by atoms with van der Waals surface area (Å²) < 4.78 is 0. The minimum atomic E-state index is -0.0828. The Morgan fingerprint density at radius 1 is 1.20 bits per heavy atom. The highest BCUT2D eigenvalue weighted by molar-refractivity contribution is 5.94. The van der Waals surface area contributed by atoms with Crippen LogP contribution in [0.2, 0.25) is 0 Å². The van der Waals surface area contributed by atoms with E-state index in [1.165, 1.54) is 0 Å². The molecule has 5 heteroatoms. The van der Waals surface area contributed by atoms with E-state index < -0.39 is 0 Å². The molecule has 0 unspecified atom stereocenters. The van der Waals surface area contributed by atoms with Gasteiger partial charge in [0.25, 0.3) is 5.91 Å². The Morgan fingerprint density at radius 3 is 2.75 bits per heavy atom. The fourth-order valence-electron chi connectivity index (χ4n) is 1.82. The van der Waals surface area contributed by atoms with Gasteiger partial charge < -0.3 is 10.6 Å². The van der Waals surface area contributed by atoms with Gasteiger partial charge in [-0.3, -0.25) is 9.78 Å². The molecule has 0 saturated carbocycles. The average Bonchev–Trinajstić information content (AvgIpc) is 2.49. The molecule has 0 radical (unpaired) electrons. The molecule has 0 aromatic carbocycles. The molecule has 2 N–H and O–H groups in total. The molecule has 20 heavy (non-hydrogen) atoms. The van der Waals surface area contributed by atoms with Gasteiger partial charge in [-0.1, -0.05) is 0 Å². The number of nitrogens with zero attached hydrogens (tertiary/aromatic N) is 2. The van der Waals surface area contributed by atoms with Gasteiger partial charge in [-0.25, -0.2) is 4.98 Å². The van der Waals surface area contributed by atoms with Crippen molar-refractivity contribution in [2.45, 2.75) is 13.3 Å². The van der Waals surface area contributed by atoms with Crippen molar-refractivity contribution in [1.29, 1.82) is 0 Å². The summed E-state index contributed by atoms with van der Waals surface area (Å²) >= 11 is 0. The summed E-state index contributed by atoms with van der Waals surface area (Å²) in [6.07, 6.45) is 5.93. The first-order valence-electron chi connectivity index (χ1n) is 6.66. The molecule has 2 rings (SSSR count). The Bertz CT molecular complexity index is 557. The van der Waals surface area contributed by atoms with Gasteiger partial charge in [0, 0.05) is 37.2 Å². The van der Waals surface area contributed by atoms with Crippen molar-refractivity contribution >= 4 is 11.7 Å². The number of carbonyl (C=O) groups excluding carboxylic acids is 1. The molecule has 5 nitrogen and oxygen atoms in total. The summed E-state index contributed by atoms with van der Waals surface area (Å²) in [5, 5.41) is 5.99. The van der Waals surface area contributed by atoms with E-state index >= 15 is 0 Å². The highest BCUT2D eigenvalue weighted by atomic mass is 16.1. The molecule has 1 amide bonds. The van der Waals surface area contributed by atoms with Gasteiger partial charge in [0.05, 0.1) is 0 Å². The number of hydrogen-bond acceptors (Lipinski definition) is 4. The van der Waals surface area contributed by atoms with Crippen LogP contribution in [-0.4, -0.2) is 29.0 Å². The largest absolute Gasteiger partial charge is 0.370 e. The van der Waals surface area contributed by atoms with Crippen LogP contribution in [0.15, 0.2) is 42.9 Å². The first kappa shape index (κ1) is 14.0. The van der Waals surface area contributed by atoms with Crippen LogP contribution >= 0.6 is 0 Å². The molecular weight excluding hydrogens is 252 g/mol. The maximum absolute atomic E-state index is 12.0. The minimum Gasteiger partial charge on any atom is -0.370 e. The van der Waals surface area contributed by atoms with Crippen molar-refractivity contribution in [2.75, 3.05) is 18.4 Å². The van der Waals surface area contributed by atoms with Gasteiger partial charge in [-0.05, 0) is 43.2 Å². The molecule has 0 atom stereocenters. The summed E-state index contributed by atoms with van der Waals surface area (Å²) in [5.41, 5.74) is 1.77. The second-order valence-corrected chi connectivity index (χ2v) is 4.32. The summed E-state index contributed by atoms with van der Waals surface area (Å²) in [6, 6.07) is 7.36. The minimum absolute atomic E-state index is 0.0828. The van der Waals surface area contributed by atoms with Crippen LogP contribution < -0.4 is 10.6 Å². The monoisotopic (exact) mass is 270 g/mol. The Morgan fingerprint density at radius 2 is 2.00 bits per heavy atom. The normalized spacial score (nSPS) is 10.1. The number of anilines is 1. The predicted molar refractivity (Wildman–Crippen MR) is 78.7 cm³/mol. The van der Waals surface area contributed by atoms with Gasteiger partial charge in [0.15, 0.2) is 0 Å². The third kappa shape index (κ3) is 4.05. The van der Waals surface area contributed by atoms with Gasteiger partial charge in [0.2, 0.25) is 0 Å². The summed E-state index contributed by atoms with van der Waals surface area (Å²) in [7, 11) is 0. The van der Waals surface area contributed by atoms with E-state index in [1.54, 1.807) is 30.7 Å². The van der Waals surface area contributed by atoms with Crippen LogP contribution in [-0.2, 0) is 6.42 Å². The van der Waals surface area contributed by atoms with Crippen molar-refractivity contribution in [3.05, 3.63) is 54.0 Å². The topological polar surface area (TPSA) is 66.9 Å². The Balaban J connectivity index is 1.87. The molecule has 0 aliphatic carbocycles. The molecule has 0 aliphatic heterocycles. The van der Waals surface area contributed by atoms with Crippen molar-refractivity contribution in [2.24, 2.45) is 0 Å². The molecule has 0 bridgehead atoms. The third-order valence-corrected chi connectivity index (χ3v) is 2.83. The Labute approximate surface area is 118 Å². The lowest BCUT2D eigenvalue weighted by Crippen LogP contribution is -2.25. The molecule has 0 aliphatic rings. The number of carbonyl (C=O) groups is 1. The molecule has 0 fully saturated rings. The fraction of sp³-hybridized carbons (Fsp3) is 0.267. The molecule has 104 valence electrons. The lowest BCUT2D eigenvalue weighted by atomic mass is 10.2. The van der Waals surface area contributed by atoms with E-state index in [0.717, 1.165) is 18.5 Å². The zero-order valence-corrected chi connectivity index (χ0v) is 11.5. The highest BCUT2D eigenvalue weighted by Gasteiger charge is 2.06. The van der Waals surface area contributed by atoms with Crippen molar-refractivity contribution in [1.82, 2.24) is 15.3 Å². The van der Waals surface area contributed by atoms with Crippen molar-refractivity contribution in [3.63, 3.8) is 0 Å². The molecule has 2 aromatic rings. The maximum atomic E-state index is 12.0. The standard InChI is InChI=1S/C15H18N4O/c1-2-17-14-11-13(6-10-18-14)15(20)19-9-5-12-3-7-16-8-4-12/h3-4,6-8,10-11H,2,5,9H2,1H3,(H,17,18)(H,19,20). The first-order chi connectivity index (χ1) is 9.79. The van der Waals surface area contributed by atoms with Gasteiger partial charge >= 0.3 is 0 Å². The van der Waals surface area contributed by atoms with Crippen LogP contribution in [0.3, 0.4) is 0 Å². The van der Waals surface area contributed by atoms with Crippen LogP contribution in [0, 0.1) is 0 Å². The summed E-state index contributed by atoms with van der Waals surface area (Å²) in [6.45, 7) is 3.37. The molecule has 0 spiro atoms. The number of hydrogen-bond donors (Lipinski definition) is 2. The summed E-state index contributed by atoms with van der Waals surface area (Å²) in [4.78, 5) is 20.1. The van der Waals surface area contributed by atoms with E-state index in [9.17, 15) is 4.79 Å². The fourth-order valence-corrected chi connectivity index (χ4v) is 1.82. The van der Waals surface area contributed by atoms with E-state index in [4.69, 9.17) is 0 Å². The number of nitrogens with one attached hydrogen (secondary N) is 2. The van der Waals surface area contributed by atoms with Crippen LogP contribution in [0.5, 0.6) is 0 Å². The molecular formula is C15H18N4O. The van der Waals surface area contributed by atoms with Gasteiger partial charge in [0.1, 0.15) is 5.82 Å². The average molecular weight is 270 g/mol. The first-order valence-corrected chi connectivity index (χ1v) is 6.66. The van der Waals surface area contributed by atoms with Gasteiger partial charge in [-0.15, -0.1) is 0 Å². The zero-order valence-electron chi connectivity index (χ0n) is 11.5. The Kier molecular flexibility index (Phi) is 5.06. The van der Waals surface area contributed by atoms with Crippen molar-refractivity contribution < 1.29 is 4.79 Å². The lowest BCUT2D eigenvalue weighted by molar-refractivity contribution is 0.0954. The number of amides is 1. The number of pyridine rings is 2. The van der Waals surface area contributed by atoms with Crippen LogP contribution in [0.25, 0.3) is 0 Å². The summed E-state index contributed by atoms with van der Waals surface area (Å²) in [5.74, 6) is 0.634. The molecule has 0 saturated heterocycles. The maximum Gasteiger partial charge on any atom is 0.251 e. The van der Waals surface area contributed by atoms with E-state index in [-0.39, 0.29) is 5.91 Å². The van der Waals surface area contributed by atoms with Crippen LogP contribution in [0.4, 0.5) is 5.82 Å². The molecule has 2 heterocycles. The SMILES string of the molecule is CCNc1cc(C(=O)NCCc2ccncc2)ccn1. The van der Waals surface area contributed by atoms with Gasteiger partial charge in [-0.2, -0.15) is 0 Å². The van der Waals surface area contributed by atoms with Crippen LogP contribution in [0.1, 0.15) is 22.8 Å². The van der Waals surface area contributed by atoms with E-state index in [1.807, 2.05) is 19.1 Å². The third-order valence-electron chi connectivity index (χ3n) is 2.83. The predicted octanol–water partition coefficient (Wildman–Crippen LogP) is 1.88. The second-order valence-electron chi connectivity index (χ2n) is 4.32. The van der Waals surface area contributed by atoms with E-state index in [0.29, 0.717) is 17.9 Å². The van der Waals surface area contributed by atoms with Crippen molar-refractivity contribution in [3.8, 4) is 0 Å². The molecule has 2 aromatic heterocycles. The second kappa shape index (κ2) is 7.23. The Hall–Kier alpha value is -2.43. The zero-order chi connectivity index (χ0) is 14.2. The quantitative estimate of drug-likeness (QED) is 0.841. The number of aromatic nitrogens is 2. The lowest BCUT2D eigenvalue weighted by Gasteiger charge is -2.07. The van der Waals surface area contributed by atoms with E-state index in [2.05, 4.69) is 20.6 Å².